The van der Waals surface area contributed by atoms with Gasteiger partial charge in [0.05, 0.1) is 18.3 Å². The van der Waals surface area contributed by atoms with Crippen molar-refractivity contribution in [3.63, 3.8) is 0 Å². The SMILES string of the molecule is COc1cc(N)ccc1C=C(CSC(C)=O)B1OC(C)(C)C(C)(C)O1. The van der Waals surface area contributed by atoms with Gasteiger partial charge in [-0.25, -0.2) is 0 Å². The van der Waals surface area contributed by atoms with E-state index in [9.17, 15) is 4.79 Å². The molecule has 1 heterocycles. The monoisotopic (exact) mass is 363 g/mol. The molecule has 0 aliphatic carbocycles. The first kappa shape index (κ1) is 19.9. The number of hydrogen-bond acceptors (Lipinski definition) is 6. The van der Waals surface area contributed by atoms with E-state index in [0.29, 0.717) is 17.2 Å². The van der Waals surface area contributed by atoms with Crippen LogP contribution in [0.4, 0.5) is 5.69 Å². The van der Waals surface area contributed by atoms with Crippen molar-refractivity contribution < 1.29 is 18.8 Å². The molecule has 1 aromatic carbocycles. The van der Waals surface area contributed by atoms with Crippen LogP contribution in [0.3, 0.4) is 0 Å². The lowest BCUT2D eigenvalue weighted by Gasteiger charge is -2.32. The quantitative estimate of drug-likeness (QED) is 0.637. The summed E-state index contributed by atoms with van der Waals surface area (Å²) in [4.78, 5) is 11.5. The van der Waals surface area contributed by atoms with Crippen molar-refractivity contribution >= 4 is 35.8 Å². The third-order valence-corrected chi connectivity index (χ3v) is 5.48. The highest BCUT2D eigenvalue weighted by Crippen LogP contribution is 2.39. The Labute approximate surface area is 154 Å². The van der Waals surface area contributed by atoms with E-state index >= 15 is 0 Å². The Hall–Kier alpha value is -1.44. The van der Waals surface area contributed by atoms with Crippen LogP contribution in [0.25, 0.3) is 6.08 Å². The molecule has 136 valence electrons. The van der Waals surface area contributed by atoms with Crippen LogP contribution in [0.5, 0.6) is 5.75 Å². The minimum atomic E-state index is -0.515. The summed E-state index contributed by atoms with van der Waals surface area (Å²) in [6, 6.07) is 5.47. The van der Waals surface area contributed by atoms with E-state index in [-0.39, 0.29) is 5.12 Å². The van der Waals surface area contributed by atoms with Crippen molar-refractivity contribution in [1.82, 2.24) is 0 Å². The molecule has 0 spiro atoms. The van der Waals surface area contributed by atoms with Gasteiger partial charge in [-0.05, 0) is 45.3 Å². The van der Waals surface area contributed by atoms with E-state index in [2.05, 4.69) is 0 Å². The molecular formula is C18H26BNO4S. The molecule has 1 saturated heterocycles. The number of nitrogens with two attached hydrogens (primary N) is 1. The molecule has 0 radical (unpaired) electrons. The van der Waals surface area contributed by atoms with Gasteiger partial charge >= 0.3 is 7.12 Å². The topological polar surface area (TPSA) is 70.8 Å². The Kier molecular flexibility index (Phi) is 5.91. The molecule has 0 amide bonds. The molecule has 1 aromatic rings. The van der Waals surface area contributed by atoms with E-state index in [1.54, 1.807) is 20.1 Å². The van der Waals surface area contributed by atoms with Crippen molar-refractivity contribution in [1.29, 1.82) is 0 Å². The molecule has 1 aliphatic heterocycles. The summed E-state index contributed by atoms with van der Waals surface area (Å²) in [5.41, 5.74) is 7.32. The fraction of sp³-hybridized carbons (Fsp3) is 0.500. The molecular weight excluding hydrogens is 337 g/mol. The van der Waals surface area contributed by atoms with Crippen LogP contribution < -0.4 is 10.5 Å². The second kappa shape index (κ2) is 7.44. The lowest BCUT2D eigenvalue weighted by atomic mass is 9.78. The summed E-state index contributed by atoms with van der Waals surface area (Å²) < 4.78 is 17.7. The third kappa shape index (κ3) is 4.60. The number of benzene rings is 1. The molecule has 0 aromatic heterocycles. The zero-order valence-corrected chi connectivity index (χ0v) is 16.5. The smallest absolute Gasteiger partial charge is 0.491 e. The molecule has 5 nitrogen and oxygen atoms in total. The first-order valence-electron chi connectivity index (χ1n) is 8.19. The number of hydrogen-bond donors (Lipinski definition) is 1. The fourth-order valence-corrected chi connectivity index (χ4v) is 2.99. The standard InChI is InChI=1S/C18H26BNO4S/c1-12(21)25-11-14(19-23-17(2,3)18(4,5)24-19)9-13-7-8-15(20)10-16(13)22-6/h7-10H,11,20H2,1-6H3. The van der Waals surface area contributed by atoms with Gasteiger partial charge in [-0.3, -0.25) is 4.79 Å². The number of methoxy groups -OCH3 is 1. The zero-order valence-electron chi connectivity index (χ0n) is 15.7. The highest BCUT2D eigenvalue weighted by atomic mass is 32.2. The lowest BCUT2D eigenvalue weighted by molar-refractivity contribution is -0.109. The highest BCUT2D eigenvalue weighted by molar-refractivity contribution is 8.13. The molecule has 0 unspecified atom stereocenters. The summed E-state index contributed by atoms with van der Waals surface area (Å²) in [5, 5.41) is 0.0479. The Morgan fingerprint density at radius 2 is 1.88 bits per heavy atom. The van der Waals surface area contributed by atoms with E-state index in [1.165, 1.54) is 11.8 Å². The number of ether oxygens (including phenoxy) is 1. The molecule has 1 fully saturated rings. The minimum absolute atomic E-state index is 0.0479. The maximum Gasteiger partial charge on any atom is 0.491 e. The summed E-state index contributed by atoms with van der Waals surface area (Å²) in [5.74, 6) is 1.15. The summed E-state index contributed by atoms with van der Waals surface area (Å²) in [6.45, 7) is 9.58. The number of thioether (sulfide) groups is 1. The third-order valence-electron chi connectivity index (χ3n) is 4.60. The number of nitrogen functional groups attached to an aromatic ring is 1. The van der Waals surface area contributed by atoms with Crippen LogP contribution >= 0.6 is 11.8 Å². The van der Waals surface area contributed by atoms with Gasteiger partial charge < -0.3 is 19.8 Å². The Morgan fingerprint density at radius 1 is 1.28 bits per heavy atom. The van der Waals surface area contributed by atoms with Gasteiger partial charge in [-0.15, -0.1) is 0 Å². The summed E-state index contributed by atoms with van der Waals surface area (Å²) in [6.07, 6.45) is 1.95. The van der Waals surface area contributed by atoms with E-state index in [0.717, 1.165) is 11.0 Å². The molecule has 2 rings (SSSR count). The maximum absolute atomic E-state index is 11.5. The Balaban J connectivity index is 2.38. The first-order chi connectivity index (χ1) is 11.6. The van der Waals surface area contributed by atoms with Crippen LogP contribution in [0, 0.1) is 0 Å². The average Bonchev–Trinajstić information content (AvgIpc) is 2.72. The van der Waals surface area contributed by atoms with Crippen molar-refractivity contribution in [2.45, 2.75) is 45.8 Å². The van der Waals surface area contributed by atoms with Crippen molar-refractivity contribution in [3.05, 3.63) is 29.2 Å². The second-order valence-corrected chi connectivity index (χ2v) is 8.24. The second-order valence-electron chi connectivity index (χ2n) is 7.09. The largest absolute Gasteiger partial charge is 0.496 e. The number of carbonyl (C=O) groups is 1. The minimum Gasteiger partial charge on any atom is -0.496 e. The zero-order chi connectivity index (χ0) is 18.8. The summed E-state index contributed by atoms with van der Waals surface area (Å²) >= 11 is 1.23. The molecule has 0 atom stereocenters. The molecule has 7 heteroatoms. The van der Waals surface area contributed by atoms with Gasteiger partial charge in [-0.2, -0.15) is 0 Å². The molecule has 0 saturated carbocycles. The van der Waals surface area contributed by atoms with Crippen LogP contribution in [-0.2, 0) is 14.1 Å². The normalized spacial score (nSPS) is 19.1. The van der Waals surface area contributed by atoms with Gasteiger partial charge in [-0.1, -0.05) is 17.8 Å². The van der Waals surface area contributed by atoms with Gasteiger partial charge in [0.15, 0.2) is 5.12 Å². The van der Waals surface area contributed by atoms with Gasteiger partial charge in [0.25, 0.3) is 0 Å². The molecule has 2 N–H and O–H groups in total. The van der Waals surface area contributed by atoms with Gasteiger partial charge in [0.1, 0.15) is 5.75 Å². The highest BCUT2D eigenvalue weighted by Gasteiger charge is 2.52. The van der Waals surface area contributed by atoms with Crippen molar-refractivity contribution in [2.24, 2.45) is 0 Å². The van der Waals surface area contributed by atoms with Crippen LogP contribution in [-0.4, -0.2) is 36.3 Å². The van der Waals surface area contributed by atoms with E-state index in [1.807, 2.05) is 45.9 Å². The Morgan fingerprint density at radius 3 is 2.40 bits per heavy atom. The van der Waals surface area contributed by atoms with Crippen molar-refractivity contribution in [3.8, 4) is 5.75 Å². The maximum atomic E-state index is 11.5. The first-order valence-corrected chi connectivity index (χ1v) is 9.17. The number of anilines is 1. The molecule has 0 bridgehead atoms. The lowest BCUT2D eigenvalue weighted by Crippen LogP contribution is -2.41. The van der Waals surface area contributed by atoms with Crippen LogP contribution in [0.1, 0.15) is 40.2 Å². The van der Waals surface area contributed by atoms with Gasteiger partial charge in [0.2, 0.25) is 0 Å². The number of carbonyl (C=O) groups excluding carboxylic acids is 1. The Bertz CT molecular complexity index is 672. The summed E-state index contributed by atoms with van der Waals surface area (Å²) in [7, 11) is 1.09. The van der Waals surface area contributed by atoms with Gasteiger partial charge in [0, 0.05) is 30.0 Å². The van der Waals surface area contributed by atoms with E-state index < -0.39 is 18.3 Å². The van der Waals surface area contributed by atoms with Crippen molar-refractivity contribution in [2.75, 3.05) is 18.6 Å². The number of rotatable bonds is 5. The predicted molar refractivity (Wildman–Crippen MR) is 105 cm³/mol. The average molecular weight is 363 g/mol. The molecule has 25 heavy (non-hydrogen) atoms. The fourth-order valence-electron chi connectivity index (χ4n) is 2.40. The molecule has 1 aliphatic rings. The van der Waals surface area contributed by atoms with Crippen LogP contribution in [0.2, 0.25) is 0 Å². The van der Waals surface area contributed by atoms with E-state index in [4.69, 9.17) is 19.8 Å². The predicted octanol–water partition coefficient (Wildman–Crippen LogP) is 3.57. The van der Waals surface area contributed by atoms with Crippen LogP contribution in [0.15, 0.2) is 23.7 Å².